The van der Waals surface area contributed by atoms with Gasteiger partial charge in [-0.05, 0) is 19.9 Å². The minimum atomic E-state index is 0.368. The third kappa shape index (κ3) is 3.87. The zero-order valence-corrected chi connectivity index (χ0v) is 15.2. The quantitative estimate of drug-likeness (QED) is 0.862. The predicted octanol–water partition coefficient (Wildman–Crippen LogP) is 3.00. The molecule has 0 aromatic carbocycles. The highest BCUT2D eigenvalue weighted by molar-refractivity contribution is 7.11. The highest BCUT2D eigenvalue weighted by Gasteiger charge is 2.20. The van der Waals surface area contributed by atoms with Crippen LogP contribution in [0.2, 0.25) is 0 Å². The van der Waals surface area contributed by atoms with Gasteiger partial charge in [-0.1, -0.05) is 13.8 Å². The number of aromatic nitrogens is 3. The Hall–Kier alpha value is -1.53. The van der Waals surface area contributed by atoms with E-state index in [1.54, 1.807) is 0 Å². The predicted molar refractivity (Wildman–Crippen MR) is 95.2 cm³/mol. The number of hydrogen-bond acceptors (Lipinski definition) is 6. The van der Waals surface area contributed by atoms with E-state index in [1.165, 1.54) is 15.6 Å². The number of thiazole rings is 1. The van der Waals surface area contributed by atoms with E-state index in [2.05, 4.69) is 47.5 Å². The Morgan fingerprint density at radius 2 is 1.87 bits per heavy atom. The van der Waals surface area contributed by atoms with Gasteiger partial charge in [0, 0.05) is 43.2 Å². The summed E-state index contributed by atoms with van der Waals surface area (Å²) >= 11 is 1.82. The summed E-state index contributed by atoms with van der Waals surface area (Å²) in [5.74, 6) is 2.36. The second-order valence-corrected chi connectivity index (χ2v) is 7.73. The van der Waals surface area contributed by atoms with Crippen molar-refractivity contribution in [3.8, 4) is 0 Å². The van der Waals surface area contributed by atoms with Crippen molar-refractivity contribution in [1.82, 2.24) is 19.9 Å². The molecular weight excluding hydrogens is 306 g/mol. The lowest BCUT2D eigenvalue weighted by Crippen LogP contribution is -2.46. The Morgan fingerprint density at radius 1 is 1.13 bits per heavy atom. The molecular formula is C17H25N5S. The third-order valence-electron chi connectivity index (χ3n) is 4.30. The molecule has 0 amide bonds. The number of rotatable bonds is 4. The Bertz CT molecular complexity index is 639. The molecule has 2 aromatic rings. The van der Waals surface area contributed by atoms with Gasteiger partial charge in [-0.3, -0.25) is 4.90 Å². The van der Waals surface area contributed by atoms with Crippen LogP contribution in [0.25, 0.3) is 0 Å². The Morgan fingerprint density at radius 3 is 2.48 bits per heavy atom. The fourth-order valence-electron chi connectivity index (χ4n) is 2.75. The van der Waals surface area contributed by atoms with Crippen molar-refractivity contribution in [1.29, 1.82) is 0 Å². The summed E-state index contributed by atoms with van der Waals surface area (Å²) in [6.07, 6.45) is 1.88. The van der Waals surface area contributed by atoms with Crippen LogP contribution in [0.1, 0.15) is 41.2 Å². The molecule has 23 heavy (non-hydrogen) atoms. The van der Waals surface area contributed by atoms with Crippen LogP contribution in [0, 0.1) is 13.8 Å². The standard InChI is InChI=1S/C17H25N5S/c1-12(2)17-18-6-5-15(20-17)22-9-7-21(8-10-22)11-16-19-13(3)14(4)23-16/h5-6,12H,7-11H2,1-4H3. The minimum Gasteiger partial charge on any atom is -0.354 e. The van der Waals surface area contributed by atoms with Gasteiger partial charge in [-0.15, -0.1) is 11.3 Å². The van der Waals surface area contributed by atoms with E-state index in [-0.39, 0.29) is 0 Å². The van der Waals surface area contributed by atoms with Gasteiger partial charge in [0.05, 0.1) is 12.2 Å². The zero-order valence-electron chi connectivity index (χ0n) is 14.4. The van der Waals surface area contributed by atoms with Gasteiger partial charge in [0.1, 0.15) is 16.6 Å². The van der Waals surface area contributed by atoms with Crippen molar-refractivity contribution >= 4 is 17.2 Å². The molecule has 0 atom stereocenters. The molecule has 0 saturated carbocycles. The first-order chi connectivity index (χ1) is 11.0. The number of nitrogens with zero attached hydrogens (tertiary/aromatic N) is 5. The van der Waals surface area contributed by atoms with E-state index < -0.39 is 0 Å². The molecule has 1 saturated heterocycles. The van der Waals surface area contributed by atoms with Gasteiger partial charge in [-0.25, -0.2) is 15.0 Å². The molecule has 1 aliphatic heterocycles. The van der Waals surface area contributed by atoms with Crippen LogP contribution in [-0.2, 0) is 6.54 Å². The molecule has 1 aliphatic rings. The summed E-state index contributed by atoms with van der Waals surface area (Å²) in [5.41, 5.74) is 1.17. The van der Waals surface area contributed by atoms with Crippen LogP contribution in [0.15, 0.2) is 12.3 Å². The molecule has 2 aromatic heterocycles. The number of aryl methyl sites for hydroxylation is 2. The molecule has 124 valence electrons. The van der Waals surface area contributed by atoms with Gasteiger partial charge in [-0.2, -0.15) is 0 Å². The lowest BCUT2D eigenvalue weighted by molar-refractivity contribution is 0.249. The summed E-state index contributed by atoms with van der Waals surface area (Å²) in [5, 5.41) is 1.23. The highest BCUT2D eigenvalue weighted by Crippen LogP contribution is 2.20. The van der Waals surface area contributed by atoms with Gasteiger partial charge in [0.25, 0.3) is 0 Å². The van der Waals surface area contributed by atoms with Gasteiger partial charge in [0.2, 0.25) is 0 Å². The van der Waals surface area contributed by atoms with E-state index >= 15 is 0 Å². The lowest BCUT2D eigenvalue weighted by atomic mass is 10.2. The average Bonchev–Trinajstić information content (AvgIpc) is 2.86. The number of hydrogen-bond donors (Lipinski definition) is 0. The zero-order chi connectivity index (χ0) is 16.4. The second kappa shape index (κ2) is 6.93. The minimum absolute atomic E-state index is 0.368. The molecule has 3 heterocycles. The molecule has 0 N–H and O–H groups in total. The van der Waals surface area contributed by atoms with Crippen LogP contribution in [-0.4, -0.2) is 46.0 Å². The molecule has 0 bridgehead atoms. The summed E-state index contributed by atoms with van der Waals surface area (Å²) in [4.78, 5) is 19.9. The highest BCUT2D eigenvalue weighted by atomic mass is 32.1. The molecule has 5 nitrogen and oxygen atoms in total. The van der Waals surface area contributed by atoms with Crippen LogP contribution >= 0.6 is 11.3 Å². The molecule has 0 unspecified atom stereocenters. The first-order valence-electron chi connectivity index (χ1n) is 8.26. The van der Waals surface area contributed by atoms with E-state index in [1.807, 2.05) is 23.6 Å². The summed E-state index contributed by atoms with van der Waals surface area (Å²) in [7, 11) is 0. The maximum Gasteiger partial charge on any atom is 0.133 e. The van der Waals surface area contributed by atoms with Crippen molar-refractivity contribution in [2.24, 2.45) is 0 Å². The average molecular weight is 331 g/mol. The van der Waals surface area contributed by atoms with E-state index in [4.69, 9.17) is 4.98 Å². The largest absolute Gasteiger partial charge is 0.354 e. The van der Waals surface area contributed by atoms with Crippen molar-refractivity contribution in [2.45, 2.75) is 40.2 Å². The smallest absolute Gasteiger partial charge is 0.133 e. The summed E-state index contributed by atoms with van der Waals surface area (Å²) < 4.78 is 0. The molecule has 0 aliphatic carbocycles. The Labute approximate surface area is 142 Å². The van der Waals surface area contributed by atoms with Crippen LogP contribution in [0.4, 0.5) is 5.82 Å². The normalized spacial score (nSPS) is 16.3. The van der Waals surface area contributed by atoms with Gasteiger partial charge < -0.3 is 4.90 Å². The molecule has 6 heteroatoms. The Balaban J connectivity index is 1.59. The summed E-state index contributed by atoms with van der Waals surface area (Å²) in [6.45, 7) is 13.6. The van der Waals surface area contributed by atoms with Crippen LogP contribution in [0.3, 0.4) is 0 Å². The molecule has 0 spiro atoms. The number of piperazine rings is 1. The monoisotopic (exact) mass is 331 g/mol. The fraction of sp³-hybridized carbons (Fsp3) is 0.588. The first-order valence-corrected chi connectivity index (χ1v) is 9.07. The van der Waals surface area contributed by atoms with Crippen molar-refractivity contribution in [3.63, 3.8) is 0 Å². The first kappa shape index (κ1) is 16.3. The van der Waals surface area contributed by atoms with E-state index in [0.29, 0.717) is 5.92 Å². The maximum absolute atomic E-state index is 4.71. The van der Waals surface area contributed by atoms with Crippen molar-refractivity contribution < 1.29 is 0 Å². The number of anilines is 1. The van der Waals surface area contributed by atoms with Gasteiger partial charge in [0.15, 0.2) is 0 Å². The maximum atomic E-state index is 4.71. The van der Waals surface area contributed by atoms with Gasteiger partial charge >= 0.3 is 0 Å². The van der Waals surface area contributed by atoms with Crippen molar-refractivity contribution in [2.75, 3.05) is 31.1 Å². The van der Waals surface area contributed by atoms with E-state index in [0.717, 1.165) is 44.4 Å². The van der Waals surface area contributed by atoms with Crippen LogP contribution in [0.5, 0.6) is 0 Å². The molecule has 3 rings (SSSR count). The Kier molecular flexibility index (Phi) is 4.92. The fourth-order valence-corrected chi connectivity index (χ4v) is 3.73. The lowest BCUT2D eigenvalue weighted by Gasteiger charge is -2.35. The van der Waals surface area contributed by atoms with E-state index in [9.17, 15) is 0 Å². The topological polar surface area (TPSA) is 45.2 Å². The molecule has 1 fully saturated rings. The SMILES string of the molecule is Cc1nc(CN2CCN(c3ccnc(C(C)C)n3)CC2)sc1C. The molecule has 0 radical (unpaired) electrons. The van der Waals surface area contributed by atoms with Crippen LogP contribution < -0.4 is 4.90 Å². The third-order valence-corrected chi connectivity index (χ3v) is 5.36. The van der Waals surface area contributed by atoms with Crippen molar-refractivity contribution in [3.05, 3.63) is 33.7 Å². The summed E-state index contributed by atoms with van der Waals surface area (Å²) in [6, 6.07) is 2.02. The second-order valence-electron chi connectivity index (χ2n) is 6.44.